The van der Waals surface area contributed by atoms with Crippen molar-refractivity contribution >= 4 is 22.5 Å². The van der Waals surface area contributed by atoms with Gasteiger partial charge in [-0.05, 0) is 31.7 Å². The average molecular weight is 305 g/mol. The van der Waals surface area contributed by atoms with E-state index in [9.17, 15) is 0 Å². The Morgan fingerprint density at radius 3 is 2.62 bits per heavy atom. The predicted molar refractivity (Wildman–Crippen MR) is 90.8 cm³/mol. The van der Waals surface area contributed by atoms with Gasteiger partial charge in [-0.2, -0.15) is 0 Å². The monoisotopic (exact) mass is 304 g/mol. The zero-order chi connectivity index (χ0) is 14.7. The number of fused-ring (bicyclic) bond motifs is 1. The van der Waals surface area contributed by atoms with E-state index >= 15 is 0 Å². The summed E-state index contributed by atoms with van der Waals surface area (Å²) in [5.74, 6) is 0.815. The van der Waals surface area contributed by atoms with Crippen molar-refractivity contribution in [3.8, 4) is 0 Å². The van der Waals surface area contributed by atoms with E-state index in [4.69, 9.17) is 11.6 Å². The summed E-state index contributed by atoms with van der Waals surface area (Å²) in [7, 11) is 0. The average Bonchev–Trinajstić information content (AvgIpc) is 2.71. The lowest BCUT2D eigenvalue weighted by atomic mass is 9.93. The summed E-state index contributed by atoms with van der Waals surface area (Å²) >= 11 is 6.48. The Balaban J connectivity index is 1.64. The molecule has 3 rings (SSSR count). The Bertz CT molecular complexity index is 582. The summed E-state index contributed by atoms with van der Waals surface area (Å²) in [6, 6.07) is 8.80. The molecule has 1 atom stereocenters. The highest BCUT2D eigenvalue weighted by Crippen LogP contribution is 2.28. The summed E-state index contributed by atoms with van der Waals surface area (Å²) in [5.41, 5.74) is 2.24. The Morgan fingerprint density at radius 2 is 1.90 bits per heavy atom. The van der Waals surface area contributed by atoms with Crippen LogP contribution in [0.15, 0.2) is 24.3 Å². The molecule has 0 aliphatic heterocycles. The van der Waals surface area contributed by atoms with Crippen LogP contribution in [0.1, 0.15) is 51.1 Å². The first kappa shape index (κ1) is 14.9. The first-order valence-corrected chi connectivity index (χ1v) is 8.62. The van der Waals surface area contributed by atoms with Gasteiger partial charge in [-0.1, -0.05) is 55.5 Å². The van der Waals surface area contributed by atoms with Gasteiger partial charge in [0, 0.05) is 29.2 Å². The fourth-order valence-electron chi connectivity index (χ4n) is 3.53. The number of rotatable bonds is 4. The van der Waals surface area contributed by atoms with Crippen molar-refractivity contribution < 1.29 is 0 Å². The largest absolute Gasteiger partial charge is 0.356 e. The van der Waals surface area contributed by atoms with Gasteiger partial charge in [0.15, 0.2) is 0 Å². The lowest BCUT2D eigenvalue weighted by Gasteiger charge is -2.23. The molecule has 1 heterocycles. The number of para-hydroxylation sites is 1. The van der Waals surface area contributed by atoms with E-state index in [0.29, 0.717) is 6.04 Å². The second-order valence-electron chi connectivity index (χ2n) is 6.38. The molecule has 0 unspecified atom stereocenters. The molecule has 1 aromatic carbocycles. The maximum Gasteiger partial charge on any atom is 0.0705 e. The Kier molecular flexibility index (Phi) is 4.87. The molecule has 2 N–H and O–H groups in total. The third kappa shape index (κ3) is 3.44. The van der Waals surface area contributed by atoms with Gasteiger partial charge < -0.3 is 10.3 Å². The van der Waals surface area contributed by atoms with Crippen LogP contribution < -0.4 is 5.32 Å². The number of hydrogen-bond acceptors (Lipinski definition) is 1. The normalized spacial score (nSPS) is 18.8. The maximum atomic E-state index is 6.48. The molecule has 0 amide bonds. The number of nitrogens with one attached hydrogen (secondary N) is 2. The van der Waals surface area contributed by atoms with Gasteiger partial charge in [-0.3, -0.25) is 0 Å². The number of H-pyrrole nitrogens is 1. The highest BCUT2D eigenvalue weighted by Gasteiger charge is 2.19. The van der Waals surface area contributed by atoms with Gasteiger partial charge in [-0.25, -0.2) is 0 Å². The van der Waals surface area contributed by atoms with E-state index in [2.05, 4.69) is 29.4 Å². The third-order valence-corrected chi connectivity index (χ3v) is 5.35. The zero-order valence-electron chi connectivity index (χ0n) is 12.8. The molecule has 3 heteroatoms. The van der Waals surface area contributed by atoms with Crippen LogP contribution in [0.5, 0.6) is 0 Å². The third-order valence-electron chi connectivity index (χ3n) is 4.92. The molecule has 1 fully saturated rings. The van der Waals surface area contributed by atoms with Crippen LogP contribution in [0.25, 0.3) is 10.9 Å². The van der Waals surface area contributed by atoms with E-state index in [1.54, 1.807) is 0 Å². The fourth-order valence-corrected chi connectivity index (χ4v) is 3.80. The van der Waals surface area contributed by atoms with Crippen LogP contribution in [-0.4, -0.2) is 11.0 Å². The predicted octanol–water partition coefficient (Wildman–Crippen LogP) is 5.27. The smallest absolute Gasteiger partial charge is 0.0705 e. The zero-order valence-corrected chi connectivity index (χ0v) is 13.5. The van der Waals surface area contributed by atoms with Crippen molar-refractivity contribution in [2.45, 2.75) is 58.0 Å². The van der Waals surface area contributed by atoms with Crippen LogP contribution in [-0.2, 0) is 6.54 Å². The molecule has 0 radical (unpaired) electrons. The molecule has 114 valence electrons. The number of halogens is 1. The lowest BCUT2D eigenvalue weighted by molar-refractivity contribution is 0.336. The molecule has 2 nitrogen and oxygen atoms in total. The lowest BCUT2D eigenvalue weighted by Crippen LogP contribution is -2.33. The molecule has 1 aliphatic carbocycles. The summed E-state index contributed by atoms with van der Waals surface area (Å²) in [4.78, 5) is 3.44. The first-order valence-electron chi connectivity index (χ1n) is 8.24. The quantitative estimate of drug-likeness (QED) is 0.740. The first-order chi connectivity index (χ1) is 10.3. The van der Waals surface area contributed by atoms with Gasteiger partial charge in [0.25, 0.3) is 0 Å². The molecule has 1 aliphatic rings. The molecule has 0 bridgehead atoms. The molecule has 0 saturated heterocycles. The van der Waals surface area contributed by atoms with Gasteiger partial charge in [0.2, 0.25) is 0 Å². The Hall–Kier alpha value is -0.990. The minimum Gasteiger partial charge on any atom is -0.356 e. The number of aromatic amines is 1. The van der Waals surface area contributed by atoms with Crippen molar-refractivity contribution in [3.63, 3.8) is 0 Å². The number of aromatic nitrogens is 1. The minimum absolute atomic E-state index is 0.561. The van der Waals surface area contributed by atoms with E-state index in [-0.39, 0.29) is 0 Å². The van der Waals surface area contributed by atoms with Crippen molar-refractivity contribution in [1.29, 1.82) is 0 Å². The Labute approximate surface area is 132 Å². The summed E-state index contributed by atoms with van der Waals surface area (Å²) < 4.78 is 0. The van der Waals surface area contributed by atoms with Crippen molar-refractivity contribution in [2.24, 2.45) is 5.92 Å². The molecular formula is C18H25ClN2. The summed E-state index contributed by atoms with van der Waals surface area (Å²) in [6.45, 7) is 3.15. The molecule has 1 aromatic heterocycles. The molecule has 0 spiro atoms. The van der Waals surface area contributed by atoms with Crippen molar-refractivity contribution in [1.82, 2.24) is 10.3 Å². The summed E-state index contributed by atoms with van der Waals surface area (Å²) in [6.07, 6.45) is 8.35. The topological polar surface area (TPSA) is 27.8 Å². The van der Waals surface area contributed by atoms with E-state index in [0.717, 1.165) is 34.1 Å². The minimum atomic E-state index is 0.561. The SMILES string of the molecule is C[C@@H](NCc1[nH]c2ccccc2c1Cl)C1CCCCCC1. The van der Waals surface area contributed by atoms with Gasteiger partial charge in [0.05, 0.1) is 5.02 Å². The van der Waals surface area contributed by atoms with E-state index < -0.39 is 0 Å². The van der Waals surface area contributed by atoms with Crippen LogP contribution in [0.3, 0.4) is 0 Å². The van der Waals surface area contributed by atoms with Crippen molar-refractivity contribution in [2.75, 3.05) is 0 Å². The summed E-state index contributed by atoms with van der Waals surface area (Å²) in [5, 5.41) is 5.67. The molecular weight excluding hydrogens is 280 g/mol. The highest BCUT2D eigenvalue weighted by atomic mass is 35.5. The standard InChI is InChI=1S/C18H25ClN2/c1-13(14-8-4-2-3-5-9-14)20-12-17-18(19)15-10-6-7-11-16(15)21-17/h6-7,10-11,13-14,20-21H,2-5,8-9,12H2,1H3/t13-/m1/s1. The van der Waals surface area contributed by atoms with Crippen LogP contribution in [0, 0.1) is 5.92 Å². The van der Waals surface area contributed by atoms with Crippen LogP contribution >= 0.6 is 11.6 Å². The van der Waals surface area contributed by atoms with Gasteiger partial charge >= 0.3 is 0 Å². The van der Waals surface area contributed by atoms with Crippen molar-refractivity contribution in [3.05, 3.63) is 35.0 Å². The molecule has 1 saturated carbocycles. The maximum absolute atomic E-state index is 6.48. The molecule has 2 aromatic rings. The Morgan fingerprint density at radius 1 is 1.19 bits per heavy atom. The molecule has 21 heavy (non-hydrogen) atoms. The van der Waals surface area contributed by atoms with Crippen LogP contribution in [0.2, 0.25) is 5.02 Å². The number of benzene rings is 1. The highest BCUT2D eigenvalue weighted by molar-refractivity contribution is 6.36. The van der Waals surface area contributed by atoms with Gasteiger partial charge in [-0.15, -0.1) is 0 Å². The second-order valence-corrected chi connectivity index (χ2v) is 6.76. The second kappa shape index (κ2) is 6.85. The number of hydrogen-bond donors (Lipinski definition) is 2. The fraction of sp³-hybridized carbons (Fsp3) is 0.556. The van der Waals surface area contributed by atoms with E-state index in [1.165, 1.54) is 38.5 Å². The van der Waals surface area contributed by atoms with E-state index in [1.807, 2.05) is 12.1 Å². The van der Waals surface area contributed by atoms with Gasteiger partial charge in [0.1, 0.15) is 0 Å². The van der Waals surface area contributed by atoms with Crippen LogP contribution in [0.4, 0.5) is 0 Å².